The molecule has 1 N–H and O–H groups in total. The van der Waals surface area contributed by atoms with E-state index in [2.05, 4.69) is 39.9 Å². The Kier molecular flexibility index (Phi) is 4.99. The van der Waals surface area contributed by atoms with Crippen molar-refractivity contribution in [1.29, 1.82) is 0 Å². The fraction of sp³-hybridized carbons (Fsp3) is 0.533. The molecule has 104 valence electrons. The van der Waals surface area contributed by atoms with E-state index in [0.29, 0.717) is 0 Å². The van der Waals surface area contributed by atoms with Gasteiger partial charge in [-0.3, -0.25) is 9.69 Å². The van der Waals surface area contributed by atoms with Gasteiger partial charge in [-0.05, 0) is 44.0 Å². The Morgan fingerprint density at radius 1 is 1.42 bits per heavy atom. The number of carboxylic acid groups (broad SMARTS) is 1. The predicted octanol–water partition coefficient (Wildman–Crippen LogP) is 3.84. The molecule has 0 amide bonds. The maximum atomic E-state index is 11.5. The van der Waals surface area contributed by atoms with E-state index in [9.17, 15) is 9.90 Å². The molecule has 1 heterocycles. The minimum absolute atomic E-state index is 0.136. The number of benzene rings is 1. The van der Waals surface area contributed by atoms with Crippen molar-refractivity contribution in [2.24, 2.45) is 0 Å². The van der Waals surface area contributed by atoms with Crippen molar-refractivity contribution in [3.8, 4) is 0 Å². The van der Waals surface area contributed by atoms with Gasteiger partial charge in [-0.2, -0.15) is 0 Å². The molecule has 4 heteroatoms. The molecule has 2 unspecified atom stereocenters. The lowest BCUT2D eigenvalue weighted by molar-refractivity contribution is -0.144. The van der Waals surface area contributed by atoms with E-state index in [1.165, 1.54) is 5.56 Å². The molecule has 1 fully saturated rings. The summed E-state index contributed by atoms with van der Waals surface area (Å²) in [5.41, 5.74) is 1.17. The lowest BCUT2D eigenvalue weighted by atomic mass is 10.0. The van der Waals surface area contributed by atoms with E-state index >= 15 is 0 Å². The first-order chi connectivity index (χ1) is 9.09. The van der Waals surface area contributed by atoms with E-state index in [0.717, 1.165) is 36.7 Å². The van der Waals surface area contributed by atoms with Gasteiger partial charge >= 0.3 is 5.97 Å². The lowest BCUT2D eigenvalue weighted by Crippen LogP contribution is -2.42. The fourth-order valence-corrected chi connectivity index (χ4v) is 3.23. The summed E-state index contributed by atoms with van der Waals surface area (Å²) >= 11 is 3.48. The molecule has 1 aliphatic heterocycles. The molecule has 0 spiro atoms. The largest absolute Gasteiger partial charge is 0.480 e. The summed E-state index contributed by atoms with van der Waals surface area (Å²) in [6.45, 7) is 2.97. The molecule has 1 aromatic carbocycles. The molecule has 3 nitrogen and oxygen atoms in total. The predicted molar refractivity (Wildman–Crippen MR) is 79.2 cm³/mol. The normalized spacial score (nSPS) is 22.7. The van der Waals surface area contributed by atoms with Crippen LogP contribution in [-0.4, -0.2) is 28.6 Å². The number of hydrogen-bond donors (Lipinski definition) is 1. The number of nitrogens with zero attached hydrogens (tertiary/aromatic N) is 1. The first kappa shape index (κ1) is 14.5. The van der Waals surface area contributed by atoms with Crippen LogP contribution in [0, 0.1) is 0 Å². The average Bonchev–Trinajstić information content (AvgIpc) is 2.63. The minimum Gasteiger partial charge on any atom is -0.480 e. The Morgan fingerprint density at radius 3 is 2.89 bits per heavy atom. The van der Waals surface area contributed by atoms with Gasteiger partial charge in [0.05, 0.1) is 0 Å². The average molecular weight is 326 g/mol. The van der Waals surface area contributed by atoms with Crippen molar-refractivity contribution in [1.82, 2.24) is 4.90 Å². The number of carboxylic acids is 1. The highest BCUT2D eigenvalue weighted by molar-refractivity contribution is 9.10. The summed E-state index contributed by atoms with van der Waals surface area (Å²) < 4.78 is 1.04. The highest BCUT2D eigenvalue weighted by Gasteiger charge is 2.30. The van der Waals surface area contributed by atoms with Gasteiger partial charge in [-0.1, -0.05) is 40.9 Å². The molecular weight excluding hydrogens is 306 g/mol. The summed E-state index contributed by atoms with van der Waals surface area (Å²) in [4.78, 5) is 13.6. The Balaban J connectivity index is 2.23. The fourth-order valence-electron chi connectivity index (χ4n) is 2.82. The van der Waals surface area contributed by atoms with Crippen LogP contribution in [0.1, 0.15) is 44.2 Å². The minimum atomic E-state index is -0.691. The molecule has 0 radical (unpaired) electrons. The van der Waals surface area contributed by atoms with Crippen molar-refractivity contribution in [3.05, 3.63) is 34.3 Å². The summed E-state index contributed by atoms with van der Waals surface area (Å²) in [5, 5.41) is 9.43. The van der Waals surface area contributed by atoms with E-state index in [1.54, 1.807) is 0 Å². The Hall–Kier alpha value is -0.870. The van der Waals surface area contributed by atoms with Crippen molar-refractivity contribution in [3.63, 3.8) is 0 Å². The molecule has 0 bridgehead atoms. The third-order valence-corrected chi connectivity index (χ3v) is 4.40. The molecular formula is C15H20BrNO2. The van der Waals surface area contributed by atoms with Crippen LogP contribution in [0.4, 0.5) is 0 Å². The summed E-state index contributed by atoms with van der Waals surface area (Å²) in [6.07, 6.45) is 3.99. The second-order valence-corrected chi connectivity index (χ2v) is 6.09. The highest BCUT2D eigenvalue weighted by atomic mass is 79.9. The van der Waals surface area contributed by atoms with Gasteiger partial charge < -0.3 is 5.11 Å². The van der Waals surface area contributed by atoms with Crippen LogP contribution >= 0.6 is 15.9 Å². The third kappa shape index (κ3) is 3.57. The first-order valence-corrected chi connectivity index (χ1v) is 7.63. The standard InChI is InChI=1S/C15H20BrNO2/c1-11(12-6-5-7-13(16)10-12)17-9-4-2-3-8-14(17)15(18)19/h5-7,10-11,14H,2-4,8-9H2,1H3,(H,18,19). The van der Waals surface area contributed by atoms with E-state index < -0.39 is 5.97 Å². The van der Waals surface area contributed by atoms with E-state index in [4.69, 9.17) is 0 Å². The molecule has 19 heavy (non-hydrogen) atoms. The molecule has 2 atom stereocenters. The molecule has 0 aromatic heterocycles. The number of hydrogen-bond acceptors (Lipinski definition) is 2. The van der Waals surface area contributed by atoms with Crippen LogP contribution in [0.15, 0.2) is 28.7 Å². The van der Waals surface area contributed by atoms with Crippen LogP contribution in [-0.2, 0) is 4.79 Å². The Bertz CT molecular complexity index is 450. The van der Waals surface area contributed by atoms with Crippen molar-refractivity contribution >= 4 is 21.9 Å². The first-order valence-electron chi connectivity index (χ1n) is 6.83. The monoisotopic (exact) mass is 325 g/mol. The Labute approximate surface area is 122 Å². The van der Waals surface area contributed by atoms with Gasteiger partial charge in [0, 0.05) is 10.5 Å². The van der Waals surface area contributed by atoms with Crippen molar-refractivity contribution in [2.75, 3.05) is 6.54 Å². The molecule has 0 saturated carbocycles. The number of likely N-dealkylation sites (tertiary alicyclic amines) is 1. The van der Waals surface area contributed by atoms with Gasteiger partial charge in [0.25, 0.3) is 0 Å². The van der Waals surface area contributed by atoms with Gasteiger partial charge in [-0.15, -0.1) is 0 Å². The SMILES string of the molecule is CC(c1cccc(Br)c1)N1CCCCCC1C(=O)O. The zero-order valence-electron chi connectivity index (χ0n) is 11.2. The van der Waals surface area contributed by atoms with Crippen LogP contribution in [0.2, 0.25) is 0 Å². The van der Waals surface area contributed by atoms with Crippen molar-refractivity contribution < 1.29 is 9.90 Å². The van der Waals surface area contributed by atoms with Crippen LogP contribution in [0.25, 0.3) is 0 Å². The quantitative estimate of drug-likeness (QED) is 0.917. The smallest absolute Gasteiger partial charge is 0.320 e. The Morgan fingerprint density at radius 2 is 2.21 bits per heavy atom. The van der Waals surface area contributed by atoms with E-state index in [-0.39, 0.29) is 12.1 Å². The number of rotatable bonds is 3. The van der Waals surface area contributed by atoms with Gasteiger partial charge in [0.2, 0.25) is 0 Å². The maximum Gasteiger partial charge on any atom is 0.320 e. The summed E-state index contributed by atoms with van der Waals surface area (Å²) in [6, 6.07) is 7.93. The number of halogens is 1. The summed E-state index contributed by atoms with van der Waals surface area (Å²) in [7, 11) is 0. The zero-order valence-corrected chi connectivity index (χ0v) is 12.8. The zero-order chi connectivity index (χ0) is 13.8. The van der Waals surface area contributed by atoms with Crippen LogP contribution in [0.5, 0.6) is 0 Å². The third-order valence-electron chi connectivity index (χ3n) is 3.91. The van der Waals surface area contributed by atoms with Crippen LogP contribution < -0.4 is 0 Å². The molecule has 2 rings (SSSR count). The lowest BCUT2D eigenvalue weighted by Gasteiger charge is -2.33. The van der Waals surface area contributed by atoms with Crippen LogP contribution in [0.3, 0.4) is 0 Å². The molecule has 0 aliphatic carbocycles. The second kappa shape index (κ2) is 6.53. The highest BCUT2D eigenvalue weighted by Crippen LogP contribution is 2.29. The maximum absolute atomic E-state index is 11.5. The topological polar surface area (TPSA) is 40.5 Å². The molecule has 1 aliphatic rings. The van der Waals surface area contributed by atoms with E-state index in [1.807, 2.05) is 12.1 Å². The van der Waals surface area contributed by atoms with Gasteiger partial charge in [-0.25, -0.2) is 0 Å². The number of carbonyl (C=O) groups is 1. The second-order valence-electron chi connectivity index (χ2n) is 5.17. The van der Waals surface area contributed by atoms with Gasteiger partial charge in [0.1, 0.15) is 6.04 Å². The number of aliphatic carboxylic acids is 1. The molecule has 1 saturated heterocycles. The molecule has 1 aromatic rings. The van der Waals surface area contributed by atoms with Gasteiger partial charge in [0.15, 0.2) is 0 Å². The van der Waals surface area contributed by atoms with Crippen molar-refractivity contribution in [2.45, 2.75) is 44.7 Å². The summed E-state index contributed by atoms with van der Waals surface area (Å²) in [5.74, 6) is -0.691.